The topological polar surface area (TPSA) is 64.7 Å². The van der Waals surface area contributed by atoms with Crippen LogP contribution in [0.3, 0.4) is 0 Å². The van der Waals surface area contributed by atoms with Gasteiger partial charge in [-0.2, -0.15) is 0 Å². The number of rotatable bonds is 4. The lowest BCUT2D eigenvalue weighted by Gasteiger charge is -2.16. The summed E-state index contributed by atoms with van der Waals surface area (Å²) in [4.78, 5) is 0. The number of methoxy groups -OCH3 is 2. The average molecular weight is 232 g/mol. The first-order valence-electron chi connectivity index (χ1n) is 4.43. The SMILES string of the molecule is COc1cc(Cl)cc([C@@H](O)CN)c1OC. The van der Waals surface area contributed by atoms with Gasteiger partial charge in [0.05, 0.1) is 20.3 Å². The number of halogens is 1. The Morgan fingerprint density at radius 2 is 2.07 bits per heavy atom. The number of nitrogens with two attached hydrogens (primary N) is 1. The summed E-state index contributed by atoms with van der Waals surface area (Å²) in [5.41, 5.74) is 5.91. The molecule has 5 heteroatoms. The highest BCUT2D eigenvalue weighted by Crippen LogP contribution is 2.37. The van der Waals surface area contributed by atoms with Crippen LogP contribution in [0.25, 0.3) is 0 Å². The molecule has 1 aromatic carbocycles. The van der Waals surface area contributed by atoms with Crippen molar-refractivity contribution in [2.45, 2.75) is 6.10 Å². The summed E-state index contributed by atoms with van der Waals surface area (Å²) in [6, 6.07) is 3.23. The largest absolute Gasteiger partial charge is 0.493 e. The van der Waals surface area contributed by atoms with Crippen LogP contribution in [0.2, 0.25) is 5.02 Å². The maximum atomic E-state index is 9.67. The first kappa shape index (κ1) is 12.1. The van der Waals surface area contributed by atoms with Crippen molar-refractivity contribution in [1.82, 2.24) is 0 Å². The Kier molecular flexibility index (Phi) is 4.20. The van der Waals surface area contributed by atoms with Crippen LogP contribution in [0.5, 0.6) is 11.5 Å². The number of hydrogen-bond donors (Lipinski definition) is 2. The number of benzene rings is 1. The van der Waals surface area contributed by atoms with Gasteiger partial charge in [0.2, 0.25) is 0 Å². The average Bonchev–Trinajstić information content (AvgIpc) is 2.26. The summed E-state index contributed by atoms with van der Waals surface area (Å²) < 4.78 is 10.2. The molecule has 0 radical (unpaired) electrons. The molecule has 84 valence electrons. The van der Waals surface area contributed by atoms with E-state index in [9.17, 15) is 5.11 Å². The van der Waals surface area contributed by atoms with E-state index in [1.807, 2.05) is 0 Å². The normalized spacial score (nSPS) is 12.3. The second-order valence-corrected chi connectivity index (χ2v) is 3.42. The Morgan fingerprint density at radius 3 is 2.53 bits per heavy atom. The summed E-state index contributed by atoms with van der Waals surface area (Å²) in [7, 11) is 3.01. The second kappa shape index (κ2) is 5.21. The van der Waals surface area contributed by atoms with Crippen LogP contribution in [0.1, 0.15) is 11.7 Å². The maximum Gasteiger partial charge on any atom is 0.166 e. The third kappa shape index (κ3) is 2.53. The van der Waals surface area contributed by atoms with Crippen LogP contribution in [0, 0.1) is 0 Å². The van der Waals surface area contributed by atoms with Crippen LogP contribution < -0.4 is 15.2 Å². The molecular weight excluding hydrogens is 218 g/mol. The monoisotopic (exact) mass is 231 g/mol. The van der Waals surface area contributed by atoms with E-state index in [4.69, 9.17) is 26.8 Å². The fourth-order valence-electron chi connectivity index (χ4n) is 1.33. The third-order valence-corrected chi connectivity index (χ3v) is 2.27. The molecule has 0 unspecified atom stereocenters. The molecule has 4 nitrogen and oxygen atoms in total. The Labute approximate surface area is 93.6 Å². The van der Waals surface area contributed by atoms with Gasteiger partial charge >= 0.3 is 0 Å². The molecular formula is C10H14ClNO3. The Hall–Kier alpha value is -0.970. The van der Waals surface area contributed by atoms with Gasteiger partial charge in [-0.3, -0.25) is 0 Å². The summed E-state index contributed by atoms with van der Waals surface area (Å²) in [5.74, 6) is 0.937. The van der Waals surface area contributed by atoms with Gasteiger partial charge in [-0.25, -0.2) is 0 Å². The van der Waals surface area contributed by atoms with Gasteiger partial charge in [-0.1, -0.05) is 11.6 Å². The predicted molar refractivity (Wildman–Crippen MR) is 58.6 cm³/mol. The first-order chi connectivity index (χ1) is 7.13. The first-order valence-corrected chi connectivity index (χ1v) is 4.81. The zero-order chi connectivity index (χ0) is 11.4. The number of hydrogen-bond acceptors (Lipinski definition) is 4. The molecule has 1 atom stereocenters. The molecule has 3 N–H and O–H groups in total. The highest BCUT2D eigenvalue weighted by Gasteiger charge is 2.17. The van der Waals surface area contributed by atoms with Crippen LogP contribution in [0.4, 0.5) is 0 Å². The van der Waals surface area contributed by atoms with Crippen molar-refractivity contribution in [3.8, 4) is 11.5 Å². The molecule has 0 saturated heterocycles. The second-order valence-electron chi connectivity index (χ2n) is 2.98. The highest BCUT2D eigenvalue weighted by molar-refractivity contribution is 6.30. The van der Waals surface area contributed by atoms with Crippen molar-refractivity contribution in [3.63, 3.8) is 0 Å². The van der Waals surface area contributed by atoms with Crippen LogP contribution in [-0.2, 0) is 0 Å². The quantitative estimate of drug-likeness (QED) is 0.821. The molecule has 0 aliphatic carbocycles. The van der Waals surface area contributed by atoms with Gasteiger partial charge in [0.1, 0.15) is 0 Å². The summed E-state index contributed by atoms with van der Waals surface area (Å²) in [6.45, 7) is 0.0971. The molecule has 0 saturated carbocycles. The highest BCUT2D eigenvalue weighted by atomic mass is 35.5. The molecule has 0 heterocycles. The van der Waals surface area contributed by atoms with E-state index in [0.717, 1.165) is 0 Å². The summed E-state index contributed by atoms with van der Waals surface area (Å²) in [5, 5.41) is 10.1. The molecule has 0 aliphatic heterocycles. The van der Waals surface area contributed by atoms with Gasteiger partial charge < -0.3 is 20.3 Å². The summed E-state index contributed by atoms with van der Waals surface area (Å²) in [6.07, 6.45) is -0.812. The molecule has 0 amide bonds. The molecule has 0 fully saturated rings. The van der Waals surface area contributed by atoms with E-state index >= 15 is 0 Å². The standard InChI is InChI=1S/C10H14ClNO3/c1-14-9-4-6(11)3-7(8(13)5-12)10(9)15-2/h3-4,8,13H,5,12H2,1-2H3/t8-/m0/s1. The van der Waals surface area contributed by atoms with Crippen LogP contribution in [0.15, 0.2) is 12.1 Å². The zero-order valence-corrected chi connectivity index (χ0v) is 9.41. The van der Waals surface area contributed by atoms with Crippen molar-refractivity contribution >= 4 is 11.6 Å². The van der Waals surface area contributed by atoms with Crippen LogP contribution >= 0.6 is 11.6 Å². The van der Waals surface area contributed by atoms with E-state index in [-0.39, 0.29) is 6.54 Å². The fourth-order valence-corrected chi connectivity index (χ4v) is 1.55. The lowest BCUT2D eigenvalue weighted by Crippen LogP contribution is -2.13. The van der Waals surface area contributed by atoms with Gasteiger partial charge in [0.15, 0.2) is 11.5 Å². The van der Waals surface area contributed by atoms with Crippen molar-refractivity contribution < 1.29 is 14.6 Å². The minimum atomic E-state index is -0.812. The van der Waals surface area contributed by atoms with Crippen LogP contribution in [-0.4, -0.2) is 25.9 Å². The molecule has 0 aromatic heterocycles. The van der Waals surface area contributed by atoms with Gasteiger partial charge in [0.25, 0.3) is 0 Å². The summed E-state index contributed by atoms with van der Waals surface area (Å²) >= 11 is 5.87. The minimum absolute atomic E-state index is 0.0971. The molecule has 0 aliphatic rings. The predicted octanol–water partition coefficient (Wildman–Crippen LogP) is 1.35. The molecule has 1 aromatic rings. The van der Waals surface area contributed by atoms with E-state index in [2.05, 4.69) is 0 Å². The van der Waals surface area contributed by atoms with E-state index in [0.29, 0.717) is 22.1 Å². The molecule has 0 spiro atoms. The third-order valence-electron chi connectivity index (χ3n) is 2.05. The lowest BCUT2D eigenvalue weighted by atomic mass is 10.1. The smallest absolute Gasteiger partial charge is 0.166 e. The van der Waals surface area contributed by atoms with E-state index in [1.54, 1.807) is 12.1 Å². The Morgan fingerprint density at radius 1 is 1.40 bits per heavy atom. The van der Waals surface area contributed by atoms with Gasteiger partial charge in [-0.15, -0.1) is 0 Å². The molecule has 0 bridgehead atoms. The van der Waals surface area contributed by atoms with Crippen molar-refractivity contribution in [2.24, 2.45) is 5.73 Å². The van der Waals surface area contributed by atoms with Gasteiger partial charge in [0, 0.05) is 23.2 Å². The maximum absolute atomic E-state index is 9.67. The van der Waals surface area contributed by atoms with Gasteiger partial charge in [-0.05, 0) is 6.07 Å². The van der Waals surface area contributed by atoms with Crippen molar-refractivity contribution in [1.29, 1.82) is 0 Å². The minimum Gasteiger partial charge on any atom is -0.493 e. The number of aliphatic hydroxyl groups is 1. The molecule has 1 rings (SSSR count). The lowest BCUT2D eigenvalue weighted by molar-refractivity contribution is 0.181. The van der Waals surface area contributed by atoms with Crippen molar-refractivity contribution in [2.75, 3.05) is 20.8 Å². The fraction of sp³-hybridized carbons (Fsp3) is 0.400. The Balaban J connectivity index is 3.28. The zero-order valence-electron chi connectivity index (χ0n) is 8.66. The number of ether oxygens (including phenoxy) is 2. The van der Waals surface area contributed by atoms with E-state index in [1.165, 1.54) is 14.2 Å². The number of aliphatic hydroxyl groups excluding tert-OH is 1. The van der Waals surface area contributed by atoms with Crippen molar-refractivity contribution in [3.05, 3.63) is 22.7 Å². The molecule has 15 heavy (non-hydrogen) atoms. The van der Waals surface area contributed by atoms with E-state index < -0.39 is 6.10 Å². The Bertz CT molecular complexity index is 344.